The Morgan fingerprint density at radius 1 is 1.00 bits per heavy atom. The normalized spacial score (nSPS) is 10.3. The highest BCUT2D eigenvalue weighted by Gasteiger charge is 2.11. The van der Waals surface area contributed by atoms with E-state index in [1.54, 1.807) is 49.6 Å². The summed E-state index contributed by atoms with van der Waals surface area (Å²) in [6.07, 6.45) is 1.35. The molecule has 0 atom stereocenters. The van der Waals surface area contributed by atoms with E-state index >= 15 is 0 Å². The molecule has 0 aliphatic heterocycles. The Balaban J connectivity index is 1.97. The second-order valence-electron chi connectivity index (χ2n) is 5.98. The Morgan fingerprint density at radius 3 is 2.39 bits per heavy atom. The largest absolute Gasteiger partial charge is 0.497 e. The van der Waals surface area contributed by atoms with Gasteiger partial charge in [0.1, 0.15) is 5.75 Å². The van der Waals surface area contributed by atoms with Gasteiger partial charge < -0.3 is 24.8 Å². The van der Waals surface area contributed by atoms with E-state index in [1.807, 2.05) is 6.92 Å². The van der Waals surface area contributed by atoms with Crippen LogP contribution in [-0.2, 0) is 14.4 Å². The number of ether oxygens (including phenoxy) is 3. The molecule has 0 saturated carbocycles. The molecule has 0 radical (unpaired) electrons. The van der Waals surface area contributed by atoms with Gasteiger partial charge in [-0.1, -0.05) is 0 Å². The highest BCUT2D eigenvalue weighted by molar-refractivity contribution is 6.35. The average Bonchev–Trinajstić information content (AvgIpc) is 2.78. The fraction of sp³-hybridized carbons (Fsp3) is 0.238. The van der Waals surface area contributed by atoms with Gasteiger partial charge >= 0.3 is 11.8 Å². The lowest BCUT2D eigenvalue weighted by Crippen LogP contribution is -2.35. The van der Waals surface area contributed by atoms with Crippen LogP contribution in [0.3, 0.4) is 0 Å². The first-order valence-corrected chi connectivity index (χ1v) is 9.35. The Hall–Kier alpha value is -4.08. The van der Waals surface area contributed by atoms with Gasteiger partial charge in [-0.3, -0.25) is 14.4 Å². The summed E-state index contributed by atoms with van der Waals surface area (Å²) in [5.41, 5.74) is 3.31. The van der Waals surface area contributed by atoms with Crippen LogP contribution in [0.4, 0.5) is 5.69 Å². The van der Waals surface area contributed by atoms with Crippen LogP contribution in [0.25, 0.3) is 0 Å². The van der Waals surface area contributed by atoms with Crippen LogP contribution >= 0.6 is 0 Å². The van der Waals surface area contributed by atoms with E-state index in [9.17, 15) is 14.4 Å². The van der Waals surface area contributed by atoms with E-state index in [4.69, 9.17) is 14.2 Å². The lowest BCUT2D eigenvalue weighted by molar-refractivity contribution is -0.138. The summed E-state index contributed by atoms with van der Waals surface area (Å²) in [7, 11) is 2.91. The summed E-state index contributed by atoms with van der Waals surface area (Å²) in [6.45, 7) is 1.97. The van der Waals surface area contributed by atoms with Gasteiger partial charge in [-0.15, -0.1) is 0 Å². The molecule has 10 heteroatoms. The number of hydrazone groups is 1. The second kappa shape index (κ2) is 11.8. The molecule has 2 rings (SSSR count). The van der Waals surface area contributed by atoms with Gasteiger partial charge in [0.2, 0.25) is 0 Å². The molecular formula is C21H24N4O6. The number of likely N-dealkylation sites (N-methyl/N-ethyl adjacent to an activating group) is 1. The van der Waals surface area contributed by atoms with Gasteiger partial charge in [0.15, 0.2) is 18.1 Å². The van der Waals surface area contributed by atoms with Crippen LogP contribution in [0, 0.1) is 0 Å². The molecule has 3 N–H and O–H groups in total. The predicted octanol–water partition coefficient (Wildman–Crippen LogP) is 1.31. The number of nitrogens with zero attached hydrogens (tertiary/aromatic N) is 1. The maximum Gasteiger partial charge on any atom is 0.329 e. The second-order valence-corrected chi connectivity index (χ2v) is 5.98. The standard InChI is InChI=1S/C21H24N4O6/c1-4-30-18-11-14(12-23-25-21(28)20(27)22-2)5-10-17(18)31-13-19(26)24-15-6-8-16(29-3)9-7-15/h5-12H,4,13H2,1-3H3,(H,22,27)(H,24,26)(H,25,28)/b23-12-. The Kier molecular flexibility index (Phi) is 8.84. The van der Waals surface area contributed by atoms with Gasteiger partial charge in [0.25, 0.3) is 5.91 Å². The third kappa shape index (κ3) is 7.35. The molecule has 2 aromatic carbocycles. The maximum atomic E-state index is 12.2. The van der Waals surface area contributed by atoms with Crippen molar-refractivity contribution in [2.24, 2.45) is 5.10 Å². The van der Waals surface area contributed by atoms with Gasteiger partial charge in [-0.25, -0.2) is 5.43 Å². The number of carbonyl (C=O) groups excluding carboxylic acids is 3. The lowest BCUT2D eigenvalue weighted by Gasteiger charge is -2.13. The Morgan fingerprint density at radius 2 is 1.74 bits per heavy atom. The minimum absolute atomic E-state index is 0.221. The zero-order chi connectivity index (χ0) is 22.6. The molecule has 31 heavy (non-hydrogen) atoms. The van der Waals surface area contributed by atoms with Crippen LogP contribution in [0.1, 0.15) is 12.5 Å². The number of benzene rings is 2. The highest BCUT2D eigenvalue weighted by Crippen LogP contribution is 2.28. The summed E-state index contributed by atoms with van der Waals surface area (Å²) in [6, 6.07) is 11.8. The first-order chi connectivity index (χ1) is 15.0. The van der Waals surface area contributed by atoms with Crippen molar-refractivity contribution in [3.63, 3.8) is 0 Å². The SMILES string of the molecule is CCOc1cc(/C=N\NC(=O)C(=O)NC)ccc1OCC(=O)Nc1ccc(OC)cc1. The fourth-order valence-electron chi connectivity index (χ4n) is 2.34. The van der Waals surface area contributed by atoms with E-state index in [0.29, 0.717) is 35.1 Å². The van der Waals surface area contributed by atoms with Gasteiger partial charge in [-0.2, -0.15) is 5.10 Å². The molecule has 3 amide bonds. The van der Waals surface area contributed by atoms with Gasteiger partial charge in [0, 0.05) is 12.7 Å². The van der Waals surface area contributed by atoms with E-state index in [-0.39, 0.29) is 12.5 Å². The molecule has 0 saturated heterocycles. The predicted molar refractivity (Wildman–Crippen MR) is 115 cm³/mol. The zero-order valence-electron chi connectivity index (χ0n) is 17.4. The molecule has 0 spiro atoms. The zero-order valence-corrected chi connectivity index (χ0v) is 17.4. The molecule has 0 bridgehead atoms. The van der Waals surface area contributed by atoms with Crippen LogP contribution in [-0.4, -0.2) is 51.3 Å². The van der Waals surface area contributed by atoms with E-state index in [2.05, 4.69) is 21.2 Å². The number of methoxy groups -OCH3 is 1. The molecular weight excluding hydrogens is 404 g/mol. The van der Waals surface area contributed by atoms with E-state index in [1.165, 1.54) is 13.3 Å². The number of anilines is 1. The first-order valence-electron chi connectivity index (χ1n) is 9.35. The fourth-order valence-corrected chi connectivity index (χ4v) is 2.34. The number of carbonyl (C=O) groups is 3. The number of hydrogen-bond donors (Lipinski definition) is 3. The first kappa shape index (κ1) is 23.2. The van der Waals surface area contributed by atoms with Crippen molar-refractivity contribution in [3.05, 3.63) is 48.0 Å². The number of rotatable bonds is 9. The molecule has 0 aliphatic carbocycles. The molecule has 0 aromatic heterocycles. The van der Waals surface area contributed by atoms with Crippen LogP contribution in [0.5, 0.6) is 17.2 Å². The van der Waals surface area contributed by atoms with E-state index in [0.717, 1.165) is 0 Å². The maximum absolute atomic E-state index is 12.2. The van der Waals surface area contributed by atoms with Crippen molar-refractivity contribution >= 4 is 29.6 Å². The summed E-state index contributed by atoms with van der Waals surface area (Å²) >= 11 is 0. The molecule has 10 nitrogen and oxygen atoms in total. The Labute approximate surface area is 179 Å². The monoisotopic (exact) mass is 428 g/mol. The summed E-state index contributed by atoms with van der Waals surface area (Å²) in [4.78, 5) is 34.7. The van der Waals surface area contributed by atoms with Crippen LogP contribution < -0.4 is 30.3 Å². The quantitative estimate of drug-likeness (QED) is 0.314. The minimum atomic E-state index is -0.883. The minimum Gasteiger partial charge on any atom is -0.497 e. The van der Waals surface area contributed by atoms with Gasteiger partial charge in [0.05, 0.1) is 19.9 Å². The van der Waals surface area contributed by atoms with Crippen LogP contribution in [0.2, 0.25) is 0 Å². The van der Waals surface area contributed by atoms with Crippen LogP contribution in [0.15, 0.2) is 47.6 Å². The summed E-state index contributed by atoms with van der Waals surface area (Å²) < 4.78 is 16.2. The van der Waals surface area contributed by atoms with Crippen molar-refractivity contribution in [1.82, 2.24) is 10.7 Å². The molecule has 0 aliphatic rings. The summed E-state index contributed by atoms with van der Waals surface area (Å²) in [5.74, 6) is -0.558. The number of nitrogens with one attached hydrogen (secondary N) is 3. The molecule has 0 heterocycles. The number of amides is 3. The third-order valence-electron chi connectivity index (χ3n) is 3.81. The van der Waals surface area contributed by atoms with Crippen molar-refractivity contribution in [2.75, 3.05) is 32.7 Å². The smallest absolute Gasteiger partial charge is 0.329 e. The molecule has 164 valence electrons. The third-order valence-corrected chi connectivity index (χ3v) is 3.81. The topological polar surface area (TPSA) is 127 Å². The lowest BCUT2D eigenvalue weighted by atomic mass is 10.2. The van der Waals surface area contributed by atoms with Crippen molar-refractivity contribution in [1.29, 1.82) is 0 Å². The molecule has 0 unspecified atom stereocenters. The number of hydrogen-bond acceptors (Lipinski definition) is 7. The Bertz CT molecular complexity index is 943. The van der Waals surface area contributed by atoms with Crippen molar-refractivity contribution in [3.8, 4) is 17.2 Å². The molecule has 2 aromatic rings. The molecule has 0 fully saturated rings. The summed E-state index contributed by atoms with van der Waals surface area (Å²) in [5, 5.41) is 8.63. The van der Waals surface area contributed by atoms with Crippen molar-refractivity contribution < 1.29 is 28.6 Å². The average molecular weight is 428 g/mol. The highest BCUT2D eigenvalue weighted by atomic mass is 16.5. The van der Waals surface area contributed by atoms with Gasteiger partial charge in [-0.05, 0) is 55.0 Å². The van der Waals surface area contributed by atoms with Crippen molar-refractivity contribution in [2.45, 2.75) is 6.92 Å². The van der Waals surface area contributed by atoms with E-state index < -0.39 is 11.8 Å².